The first-order valence-corrected chi connectivity index (χ1v) is 7.46. The fourth-order valence-corrected chi connectivity index (χ4v) is 2.62. The highest BCUT2D eigenvalue weighted by atomic mass is 32.2. The highest BCUT2D eigenvalue weighted by molar-refractivity contribution is 7.90. The van der Waals surface area contributed by atoms with Crippen molar-refractivity contribution in [1.82, 2.24) is 4.72 Å². The molecular weight excluding hydrogens is 300 g/mol. The van der Waals surface area contributed by atoms with Crippen LogP contribution in [0.5, 0.6) is 0 Å². The first kappa shape index (κ1) is 17.9. The Kier molecular flexibility index (Phi) is 5.35. The number of hydrogen-bond acceptors (Lipinski definition) is 3. The predicted molar refractivity (Wildman–Crippen MR) is 77.3 cm³/mol. The maximum absolute atomic E-state index is 14.2. The Bertz CT molecular complexity index is 521. The molecule has 0 unspecified atom stereocenters. The van der Waals surface area contributed by atoms with Gasteiger partial charge in [-0.15, -0.1) is 4.72 Å². The number of hydrogen-bond donors (Lipinski definition) is 2. The quantitative estimate of drug-likeness (QED) is 0.818. The van der Waals surface area contributed by atoms with Crippen LogP contribution in [0.15, 0.2) is 24.3 Å². The van der Waals surface area contributed by atoms with E-state index in [2.05, 4.69) is 4.72 Å². The molecule has 0 radical (unpaired) electrons. The van der Waals surface area contributed by atoms with Gasteiger partial charge >= 0.3 is 5.97 Å². The van der Waals surface area contributed by atoms with Crippen LogP contribution in [-0.2, 0) is 21.7 Å². The van der Waals surface area contributed by atoms with Gasteiger partial charge in [-0.25, -0.2) is 13.6 Å². The van der Waals surface area contributed by atoms with Gasteiger partial charge in [0.2, 0.25) is 6.17 Å². The summed E-state index contributed by atoms with van der Waals surface area (Å²) in [4.78, 5) is 11.0. The molecule has 4 nitrogen and oxygen atoms in total. The standard InChI is InChI=1S/C14H19F2NO3S/c1-13(2,3)21(20)17-14(4,11(16)12(18)19)9-7-5-6-8-10(9)15/h5-8,11,17H,1-4H3,(H,18,19)/t11-,14-,21-/m1/s1. The molecule has 3 atom stereocenters. The zero-order valence-electron chi connectivity index (χ0n) is 12.3. The molecule has 118 valence electrons. The molecule has 2 N–H and O–H groups in total. The van der Waals surface area contributed by atoms with E-state index in [0.717, 1.165) is 6.07 Å². The van der Waals surface area contributed by atoms with Crippen molar-refractivity contribution in [3.8, 4) is 0 Å². The van der Waals surface area contributed by atoms with E-state index in [1.54, 1.807) is 20.8 Å². The number of halogens is 2. The number of carbonyl (C=O) groups is 1. The average Bonchev–Trinajstić information content (AvgIpc) is 2.36. The maximum atomic E-state index is 14.2. The first-order chi connectivity index (χ1) is 9.50. The van der Waals surface area contributed by atoms with Crippen molar-refractivity contribution in [1.29, 1.82) is 0 Å². The molecular formula is C14H19F2NO3S. The van der Waals surface area contributed by atoms with Gasteiger partial charge in [-0.1, -0.05) is 18.2 Å². The van der Waals surface area contributed by atoms with E-state index in [0.29, 0.717) is 0 Å². The number of alkyl halides is 1. The Hall–Kier alpha value is -1.18. The Morgan fingerprint density at radius 2 is 1.86 bits per heavy atom. The van der Waals surface area contributed by atoms with Gasteiger partial charge in [0.05, 0.1) is 0 Å². The van der Waals surface area contributed by atoms with E-state index in [1.807, 2.05) is 0 Å². The minimum Gasteiger partial charge on any atom is -0.598 e. The maximum Gasteiger partial charge on any atom is 0.340 e. The number of benzene rings is 1. The summed E-state index contributed by atoms with van der Waals surface area (Å²) in [6.45, 7) is 6.12. The minimum absolute atomic E-state index is 0.183. The summed E-state index contributed by atoms with van der Waals surface area (Å²) in [6.07, 6.45) is -2.46. The van der Waals surface area contributed by atoms with Gasteiger partial charge in [0.25, 0.3) is 0 Å². The van der Waals surface area contributed by atoms with Crippen molar-refractivity contribution in [3.63, 3.8) is 0 Å². The third-order valence-corrected chi connectivity index (χ3v) is 4.74. The van der Waals surface area contributed by atoms with Crippen molar-refractivity contribution >= 4 is 17.3 Å². The normalized spacial score (nSPS) is 17.9. The van der Waals surface area contributed by atoms with Crippen LogP contribution in [0.3, 0.4) is 0 Å². The molecule has 0 spiro atoms. The second-order valence-corrected chi connectivity index (χ2v) is 7.83. The summed E-state index contributed by atoms with van der Waals surface area (Å²) >= 11 is -1.77. The van der Waals surface area contributed by atoms with Crippen molar-refractivity contribution in [2.24, 2.45) is 0 Å². The Morgan fingerprint density at radius 3 is 2.29 bits per heavy atom. The summed E-state index contributed by atoms with van der Waals surface area (Å²) in [7, 11) is 0. The molecule has 0 fully saturated rings. The van der Waals surface area contributed by atoms with Crippen molar-refractivity contribution in [2.75, 3.05) is 0 Å². The summed E-state index contributed by atoms with van der Waals surface area (Å²) < 4.78 is 42.1. The van der Waals surface area contributed by atoms with Crippen LogP contribution in [0, 0.1) is 5.82 Å². The molecule has 1 aromatic carbocycles. The van der Waals surface area contributed by atoms with Crippen LogP contribution < -0.4 is 4.72 Å². The van der Waals surface area contributed by atoms with Crippen molar-refractivity contribution in [3.05, 3.63) is 35.6 Å². The molecule has 0 aromatic heterocycles. The van der Waals surface area contributed by atoms with Crippen LogP contribution in [-0.4, -0.2) is 26.5 Å². The predicted octanol–water partition coefficient (Wildman–Crippen LogP) is 2.52. The van der Waals surface area contributed by atoms with Crippen LogP contribution in [0.1, 0.15) is 33.3 Å². The van der Waals surface area contributed by atoms with Gasteiger partial charge in [0.1, 0.15) is 16.1 Å². The van der Waals surface area contributed by atoms with Gasteiger partial charge in [-0.3, -0.25) is 0 Å². The van der Waals surface area contributed by atoms with Crippen LogP contribution in [0.2, 0.25) is 0 Å². The second-order valence-electron chi connectivity index (χ2n) is 5.87. The number of nitrogens with one attached hydrogen (secondary N) is 1. The lowest BCUT2D eigenvalue weighted by Crippen LogP contribution is -2.56. The summed E-state index contributed by atoms with van der Waals surface area (Å²) in [5.74, 6) is -2.51. The van der Waals surface area contributed by atoms with E-state index in [1.165, 1.54) is 25.1 Å². The Labute approximate surface area is 125 Å². The lowest BCUT2D eigenvalue weighted by Gasteiger charge is -2.35. The molecule has 0 heterocycles. The molecule has 0 amide bonds. The highest BCUT2D eigenvalue weighted by Gasteiger charge is 2.48. The number of carboxylic acid groups (broad SMARTS) is 1. The average molecular weight is 319 g/mol. The van der Waals surface area contributed by atoms with Gasteiger partial charge in [-0.05, 0) is 33.8 Å². The van der Waals surface area contributed by atoms with E-state index in [4.69, 9.17) is 5.11 Å². The van der Waals surface area contributed by atoms with E-state index < -0.39 is 39.6 Å². The SMILES string of the molecule is CC(C)(C)[S@@+]([O-])N[C@](C)(c1ccccc1F)[C@H](F)C(=O)O. The largest absolute Gasteiger partial charge is 0.598 e. The zero-order valence-corrected chi connectivity index (χ0v) is 13.1. The van der Waals surface area contributed by atoms with Crippen molar-refractivity contribution < 1.29 is 23.2 Å². The fourth-order valence-electron chi connectivity index (χ4n) is 1.72. The molecule has 0 saturated carbocycles. The highest BCUT2D eigenvalue weighted by Crippen LogP contribution is 2.32. The number of aliphatic carboxylic acids is 1. The molecule has 0 aliphatic heterocycles. The number of carboxylic acids is 1. The third-order valence-electron chi connectivity index (χ3n) is 3.02. The molecule has 0 aliphatic rings. The lowest BCUT2D eigenvalue weighted by molar-refractivity contribution is -0.145. The molecule has 7 heteroatoms. The number of rotatable bonds is 5. The summed E-state index contributed by atoms with van der Waals surface area (Å²) in [5.41, 5.74) is -2.13. The van der Waals surface area contributed by atoms with Crippen LogP contribution in [0.4, 0.5) is 8.78 Å². The molecule has 1 aromatic rings. The lowest BCUT2D eigenvalue weighted by atomic mass is 9.88. The molecule has 0 saturated heterocycles. The minimum atomic E-state index is -2.46. The monoisotopic (exact) mass is 319 g/mol. The van der Waals surface area contributed by atoms with E-state index in [9.17, 15) is 18.1 Å². The zero-order chi connectivity index (χ0) is 16.4. The second kappa shape index (κ2) is 6.29. The Balaban J connectivity index is 3.31. The van der Waals surface area contributed by atoms with Crippen LogP contribution >= 0.6 is 0 Å². The van der Waals surface area contributed by atoms with Gasteiger partial charge in [0.15, 0.2) is 0 Å². The third kappa shape index (κ3) is 3.93. The van der Waals surface area contributed by atoms with Gasteiger partial charge in [-0.2, -0.15) is 0 Å². The first-order valence-electron chi connectivity index (χ1n) is 6.31. The summed E-state index contributed by atoms with van der Waals surface area (Å²) in [5, 5.41) is 8.95. The molecule has 0 bridgehead atoms. The molecule has 0 aliphatic carbocycles. The molecule has 21 heavy (non-hydrogen) atoms. The van der Waals surface area contributed by atoms with Crippen LogP contribution in [0.25, 0.3) is 0 Å². The van der Waals surface area contributed by atoms with Crippen molar-refractivity contribution in [2.45, 2.75) is 44.2 Å². The van der Waals surface area contributed by atoms with E-state index >= 15 is 0 Å². The van der Waals surface area contributed by atoms with Gasteiger partial charge in [0, 0.05) is 16.9 Å². The smallest absolute Gasteiger partial charge is 0.340 e. The topological polar surface area (TPSA) is 72.4 Å². The summed E-state index contributed by atoms with van der Waals surface area (Å²) in [6, 6.07) is 5.25. The van der Waals surface area contributed by atoms with E-state index in [-0.39, 0.29) is 5.56 Å². The Morgan fingerprint density at radius 1 is 1.33 bits per heavy atom. The van der Waals surface area contributed by atoms with Gasteiger partial charge < -0.3 is 9.66 Å². The molecule has 1 rings (SSSR count). The fraction of sp³-hybridized carbons (Fsp3) is 0.500.